The summed E-state index contributed by atoms with van der Waals surface area (Å²) in [6.07, 6.45) is 3.41. The number of rotatable bonds is 4. The summed E-state index contributed by atoms with van der Waals surface area (Å²) < 4.78 is 13.0. The van der Waals surface area contributed by atoms with Crippen molar-refractivity contribution in [3.05, 3.63) is 76.2 Å². The Labute approximate surface area is 132 Å². The second-order valence-corrected chi connectivity index (χ2v) is 5.09. The maximum absolute atomic E-state index is 13.0. The third-order valence-corrected chi connectivity index (χ3v) is 3.44. The van der Waals surface area contributed by atoms with E-state index in [1.54, 1.807) is 31.5 Å². The number of anilines is 1. The number of pyridine rings is 1. The van der Waals surface area contributed by atoms with E-state index in [2.05, 4.69) is 20.3 Å². The summed E-state index contributed by atoms with van der Waals surface area (Å²) in [6.45, 7) is 2.28. The Morgan fingerprint density at radius 2 is 1.83 bits per heavy atom. The molecule has 0 amide bonds. The molecule has 0 spiro atoms. The van der Waals surface area contributed by atoms with Crippen LogP contribution in [-0.2, 0) is 6.54 Å². The highest BCUT2D eigenvalue weighted by molar-refractivity contribution is 5.65. The number of H-pyrrole nitrogens is 1. The van der Waals surface area contributed by atoms with Crippen molar-refractivity contribution in [3.63, 3.8) is 0 Å². The minimum atomic E-state index is -0.341. The fraction of sp³-hybridized carbons (Fsp3) is 0.118. The summed E-state index contributed by atoms with van der Waals surface area (Å²) in [7, 11) is 0. The second kappa shape index (κ2) is 6.39. The van der Waals surface area contributed by atoms with Gasteiger partial charge in [-0.25, -0.2) is 9.37 Å². The first-order valence-corrected chi connectivity index (χ1v) is 7.13. The van der Waals surface area contributed by atoms with Gasteiger partial charge in [-0.15, -0.1) is 0 Å². The van der Waals surface area contributed by atoms with Gasteiger partial charge in [-0.1, -0.05) is 12.1 Å². The van der Waals surface area contributed by atoms with Crippen molar-refractivity contribution < 1.29 is 4.39 Å². The molecule has 0 fully saturated rings. The molecule has 0 unspecified atom stereocenters. The number of nitrogens with one attached hydrogen (secondary N) is 2. The number of aromatic amines is 1. The smallest absolute Gasteiger partial charge is 0.260 e. The van der Waals surface area contributed by atoms with Gasteiger partial charge in [-0.2, -0.15) is 0 Å². The SMILES string of the molecule is Cc1nc(NCc2ccncc2)[nH]c(=O)c1-c1ccc(F)cc1. The van der Waals surface area contributed by atoms with Crippen LogP contribution in [0.4, 0.5) is 10.3 Å². The predicted molar refractivity (Wildman–Crippen MR) is 86.6 cm³/mol. The normalized spacial score (nSPS) is 10.5. The zero-order valence-electron chi connectivity index (χ0n) is 12.5. The molecule has 116 valence electrons. The van der Waals surface area contributed by atoms with E-state index in [0.717, 1.165) is 5.56 Å². The van der Waals surface area contributed by atoms with Gasteiger partial charge in [0.25, 0.3) is 5.56 Å². The van der Waals surface area contributed by atoms with E-state index in [-0.39, 0.29) is 11.4 Å². The summed E-state index contributed by atoms with van der Waals surface area (Å²) in [4.78, 5) is 23.4. The third kappa shape index (κ3) is 3.42. The van der Waals surface area contributed by atoms with Crippen LogP contribution in [-0.4, -0.2) is 15.0 Å². The van der Waals surface area contributed by atoms with E-state index in [1.165, 1.54) is 12.1 Å². The highest BCUT2D eigenvalue weighted by Crippen LogP contribution is 2.19. The van der Waals surface area contributed by atoms with Gasteiger partial charge < -0.3 is 5.32 Å². The maximum atomic E-state index is 13.0. The number of hydrogen-bond donors (Lipinski definition) is 2. The van der Waals surface area contributed by atoms with E-state index in [0.29, 0.717) is 29.3 Å². The summed E-state index contributed by atoms with van der Waals surface area (Å²) in [5, 5.41) is 3.08. The number of halogens is 1. The van der Waals surface area contributed by atoms with Crippen LogP contribution < -0.4 is 10.9 Å². The predicted octanol–water partition coefficient (Wildman–Crippen LogP) is 2.89. The van der Waals surface area contributed by atoms with Crippen LogP contribution in [0, 0.1) is 12.7 Å². The maximum Gasteiger partial charge on any atom is 0.260 e. The van der Waals surface area contributed by atoms with Crippen LogP contribution in [0.2, 0.25) is 0 Å². The quantitative estimate of drug-likeness (QED) is 0.777. The monoisotopic (exact) mass is 310 g/mol. The minimum absolute atomic E-state index is 0.263. The second-order valence-electron chi connectivity index (χ2n) is 5.09. The van der Waals surface area contributed by atoms with Crippen LogP contribution in [0.15, 0.2) is 53.6 Å². The fourth-order valence-electron chi connectivity index (χ4n) is 2.31. The largest absolute Gasteiger partial charge is 0.352 e. The van der Waals surface area contributed by atoms with Gasteiger partial charge >= 0.3 is 0 Å². The lowest BCUT2D eigenvalue weighted by molar-refractivity contribution is 0.628. The minimum Gasteiger partial charge on any atom is -0.352 e. The van der Waals surface area contributed by atoms with Gasteiger partial charge in [0.15, 0.2) is 0 Å². The molecule has 0 bridgehead atoms. The first kappa shape index (κ1) is 14.9. The summed E-state index contributed by atoms with van der Waals surface area (Å²) in [5.41, 5.74) is 2.43. The van der Waals surface area contributed by atoms with Gasteiger partial charge in [0, 0.05) is 18.9 Å². The molecule has 0 aliphatic heterocycles. The molecule has 0 aliphatic rings. The summed E-state index contributed by atoms with van der Waals surface area (Å²) >= 11 is 0. The third-order valence-electron chi connectivity index (χ3n) is 3.44. The molecule has 2 N–H and O–H groups in total. The molecule has 0 aliphatic carbocycles. The Kier molecular flexibility index (Phi) is 4.14. The van der Waals surface area contributed by atoms with Crippen molar-refractivity contribution in [1.82, 2.24) is 15.0 Å². The lowest BCUT2D eigenvalue weighted by atomic mass is 10.1. The van der Waals surface area contributed by atoms with E-state index in [9.17, 15) is 9.18 Å². The number of benzene rings is 1. The highest BCUT2D eigenvalue weighted by Gasteiger charge is 2.10. The number of aryl methyl sites for hydroxylation is 1. The molecule has 3 aromatic rings. The van der Waals surface area contributed by atoms with E-state index in [1.807, 2.05) is 12.1 Å². The fourth-order valence-corrected chi connectivity index (χ4v) is 2.31. The Hall–Kier alpha value is -3.02. The molecule has 23 heavy (non-hydrogen) atoms. The Bertz CT molecular complexity index is 860. The van der Waals surface area contributed by atoms with Crippen molar-refractivity contribution in [2.45, 2.75) is 13.5 Å². The molecule has 0 saturated heterocycles. The molecule has 3 rings (SSSR count). The highest BCUT2D eigenvalue weighted by atomic mass is 19.1. The standard InChI is InChI=1S/C17H15FN4O/c1-11-15(13-2-4-14(18)5-3-13)16(23)22-17(21-11)20-10-12-6-8-19-9-7-12/h2-9H,10H2,1H3,(H2,20,21,22,23). The Morgan fingerprint density at radius 1 is 1.13 bits per heavy atom. The van der Waals surface area contributed by atoms with E-state index < -0.39 is 0 Å². The van der Waals surface area contributed by atoms with Gasteiger partial charge in [-0.05, 0) is 42.3 Å². The molecule has 6 heteroatoms. The molecule has 0 radical (unpaired) electrons. The molecule has 2 aromatic heterocycles. The number of aromatic nitrogens is 3. The zero-order chi connectivity index (χ0) is 16.2. The van der Waals surface area contributed by atoms with Crippen molar-refractivity contribution in [2.75, 3.05) is 5.32 Å². The molecule has 5 nitrogen and oxygen atoms in total. The van der Waals surface area contributed by atoms with Gasteiger partial charge in [0.2, 0.25) is 5.95 Å². The van der Waals surface area contributed by atoms with Crippen LogP contribution in [0.1, 0.15) is 11.3 Å². The molecule has 1 aromatic carbocycles. The van der Waals surface area contributed by atoms with E-state index in [4.69, 9.17) is 0 Å². The van der Waals surface area contributed by atoms with Crippen LogP contribution in [0.5, 0.6) is 0 Å². The molecule has 2 heterocycles. The number of nitrogens with zero attached hydrogens (tertiary/aromatic N) is 2. The molecular formula is C17H15FN4O. The van der Waals surface area contributed by atoms with Crippen molar-refractivity contribution >= 4 is 5.95 Å². The average Bonchev–Trinajstić information content (AvgIpc) is 2.55. The Morgan fingerprint density at radius 3 is 2.48 bits per heavy atom. The Balaban J connectivity index is 1.85. The van der Waals surface area contributed by atoms with Crippen molar-refractivity contribution in [3.8, 4) is 11.1 Å². The van der Waals surface area contributed by atoms with Gasteiger partial charge in [0.1, 0.15) is 5.82 Å². The van der Waals surface area contributed by atoms with Crippen LogP contribution in [0.25, 0.3) is 11.1 Å². The first-order chi connectivity index (χ1) is 11.1. The van der Waals surface area contributed by atoms with Crippen molar-refractivity contribution in [2.24, 2.45) is 0 Å². The number of hydrogen-bond acceptors (Lipinski definition) is 4. The summed E-state index contributed by atoms with van der Waals surface area (Å²) in [6, 6.07) is 9.54. The zero-order valence-corrected chi connectivity index (χ0v) is 12.5. The average molecular weight is 310 g/mol. The van der Waals surface area contributed by atoms with Crippen LogP contribution >= 0.6 is 0 Å². The summed E-state index contributed by atoms with van der Waals surface area (Å²) in [5.74, 6) is 0.0570. The molecule has 0 atom stereocenters. The van der Waals surface area contributed by atoms with Crippen LogP contribution in [0.3, 0.4) is 0 Å². The topological polar surface area (TPSA) is 70.7 Å². The van der Waals surface area contributed by atoms with Gasteiger partial charge in [-0.3, -0.25) is 14.8 Å². The lowest BCUT2D eigenvalue weighted by Gasteiger charge is -2.09. The van der Waals surface area contributed by atoms with E-state index >= 15 is 0 Å². The lowest BCUT2D eigenvalue weighted by Crippen LogP contribution is -2.16. The first-order valence-electron chi connectivity index (χ1n) is 7.13. The van der Waals surface area contributed by atoms with Crippen molar-refractivity contribution in [1.29, 1.82) is 0 Å². The van der Waals surface area contributed by atoms with Gasteiger partial charge in [0.05, 0.1) is 11.3 Å². The molecule has 0 saturated carbocycles. The molecular weight excluding hydrogens is 295 g/mol.